The summed E-state index contributed by atoms with van der Waals surface area (Å²) in [5.74, 6) is 0.436. The van der Waals surface area contributed by atoms with Crippen molar-refractivity contribution in [2.24, 2.45) is 11.7 Å². The molecule has 5 nitrogen and oxygen atoms in total. The standard InChI is InChI=1S/C17H23N3O2/c1-12-8-13(9-18)10-19(12)17(22)11-20-15-5-3-2-4-14(15)6-7-16(20)21/h2-5,12-13H,6-11,18H2,1H3. The molecule has 1 saturated heterocycles. The molecule has 0 aromatic heterocycles. The number of fused-ring (bicyclic) bond motifs is 1. The third kappa shape index (κ3) is 2.73. The maximum absolute atomic E-state index is 12.6. The van der Waals surface area contributed by atoms with Gasteiger partial charge in [-0.3, -0.25) is 9.59 Å². The maximum atomic E-state index is 12.6. The third-order valence-electron chi connectivity index (χ3n) is 4.80. The molecule has 2 N–H and O–H groups in total. The number of carbonyl (C=O) groups is 2. The summed E-state index contributed by atoms with van der Waals surface area (Å²) < 4.78 is 0. The number of nitrogens with two attached hydrogens (primary N) is 1. The molecule has 5 heteroatoms. The van der Waals surface area contributed by atoms with Crippen molar-refractivity contribution in [3.63, 3.8) is 0 Å². The minimum Gasteiger partial charge on any atom is -0.338 e. The smallest absolute Gasteiger partial charge is 0.242 e. The first kappa shape index (κ1) is 15.0. The first-order valence-corrected chi connectivity index (χ1v) is 7.98. The molecule has 1 fully saturated rings. The fourth-order valence-corrected chi connectivity index (χ4v) is 3.56. The second-order valence-corrected chi connectivity index (χ2v) is 6.34. The van der Waals surface area contributed by atoms with Crippen LogP contribution in [0.15, 0.2) is 24.3 Å². The van der Waals surface area contributed by atoms with Crippen LogP contribution in [0.5, 0.6) is 0 Å². The molecular formula is C17H23N3O2. The normalized spacial score (nSPS) is 24.5. The fourth-order valence-electron chi connectivity index (χ4n) is 3.56. The van der Waals surface area contributed by atoms with Gasteiger partial charge < -0.3 is 15.5 Å². The molecule has 2 amide bonds. The molecule has 0 saturated carbocycles. The Balaban J connectivity index is 1.75. The van der Waals surface area contributed by atoms with Crippen LogP contribution in [0, 0.1) is 5.92 Å². The molecule has 2 aliphatic rings. The Morgan fingerprint density at radius 3 is 2.82 bits per heavy atom. The van der Waals surface area contributed by atoms with Crippen molar-refractivity contribution in [1.29, 1.82) is 0 Å². The quantitative estimate of drug-likeness (QED) is 0.911. The Bertz CT molecular complexity index is 587. The summed E-state index contributed by atoms with van der Waals surface area (Å²) in [5.41, 5.74) is 7.75. The number of benzene rings is 1. The van der Waals surface area contributed by atoms with Crippen LogP contribution in [0.2, 0.25) is 0 Å². The summed E-state index contributed by atoms with van der Waals surface area (Å²) in [6.45, 7) is 3.51. The van der Waals surface area contributed by atoms with E-state index in [0.717, 1.165) is 24.1 Å². The average molecular weight is 301 g/mol. The second-order valence-electron chi connectivity index (χ2n) is 6.34. The maximum Gasteiger partial charge on any atom is 0.242 e. The zero-order chi connectivity index (χ0) is 15.7. The van der Waals surface area contributed by atoms with Gasteiger partial charge in [0.1, 0.15) is 6.54 Å². The predicted molar refractivity (Wildman–Crippen MR) is 85.5 cm³/mol. The Morgan fingerprint density at radius 2 is 2.09 bits per heavy atom. The summed E-state index contributed by atoms with van der Waals surface area (Å²) in [7, 11) is 0. The van der Waals surface area contributed by atoms with Crippen molar-refractivity contribution in [3.8, 4) is 0 Å². The molecule has 2 heterocycles. The van der Waals surface area contributed by atoms with Crippen molar-refractivity contribution in [2.75, 3.05) is 24.5 Å². The summed E-state index contributed by atoms with van der Waals surface area (Å²) in [4.78, 5) is 28.4. The third-order valence-corrected chi connectivity index (χ3v) is 4.80. The van der Waals surface area contributed by atoms with Gasteiger partial charge in [0, 0.05) is 24.7 Å². The SMILES string of the molecule is CC1CC(CN)CN1C(=O)CN1C(=O)CCc2ccccc21. The number of aryl methyl sites for hydroxylation is 1. The van der Waals surface area contributed by atoms with Crippen molar-refractivity contribution >= 4 is 17.5 Å². The molecule has 0 aliphatic carbocycles. The van der Waals surface area contributed by atoms with Crippen molar-refractivity contribution in [3.05, 3.63) is 29.8 Å². The van der Waals surface area contributed by atoms with Crippen LogP contribution in [0.1, 0.15) is 25.3 Å². The highest BCUT2D eigenvalue weighted by Gasteiger charge is 2.34. The number of carbonyl (C=O) groups excluding carboxylic acids is 2. The molecule has 0 spiro atoms. The van der Waals surface area contributed by atoms with E-state index in [1.165, 1.54) is 0 Å². The highest BCUT2D eigenvalue weighted by molar-refractivity contribution is 6.01. The minimum atomic E-state index is 0.0218. The van der Waals surface area contributed by atoms with Crippen LogP contribution in [0.25, 0.3) is 0 Å². The number of nitrogens with zero attached hydrogens (tertiary/aromatic N) is 2. The molecule has 2 aliphatic heterocycles. The lowest BCUT2D eigenvalue weighted by atomic mass is 10.0. The van der Waals surface area contributed by atoms with Crippen LogP contribution in [-0.4, -0.2) is 42.4 Å². The lowest BCUT2D eigenvalue weighted by Gasteiger charge is -2.31. The molecule has 2 unspecified atom stereocenters. The zero-order valence-corrected chi connectivity index (χ0v) is 13.0. The van der Waals surface area contributed by atoms with E-state index in [2.05, 4.69) is 6.92 Å². The van der Waals surface area contributed by atoms with Crippen LogP contribution < -0.4 is 10.6 Å². The van der Waals surface area contributed by atoms with E-state index in [0.29, 0.717) is 25.4 Å². The van der Waals surface area contributed by atoms with E-state index in [1.54, 1.807) is 4.90 Å². The number of hydrogen-bond donors (Lipinski definition) is 1. The second kappa shape index (κ2) is 6.08. The number of likely N-dealkylation sites (tertiary alicyclic amines) is 1. The first-order valence-electron chi connectivity index (χ1n) is 7.98. The minimum absolute atomic E-state index is 0.0218. The predicted octanol–water partition coefficient (Wildman–Crippen LogP) is 1.16. The topological polar surface area (TPSA) is 66.6 Å². The van der Waals surface area contributed by atoms with Gasteiger partial charge in [0.15, 0.2) is 0 Å². The number of rotatable bonds is 3. The lowest BCUT2D eigenvalue weighted by Crippen LogP contribution is -2.46. The fraction of sp³-hybridized carbons (Fsp3) is 0.529. The Kier molecular flexibility index (Phi) is 4.16. The van der Waals surface area contributed by atoms with Crippen molar-refractivity contribution in [1.82, 2.24) is 4.90 Å². The molecular weight excluding hydrogens is 278 g/mol. The molecule has 1 aromatic rings. The van der Waals surface area contributed by atoms with E-state index >= 15 is 0 Å². The molecule has 1 aromatic carbocycles. The summed E-state index contributed by atoms with van der Waals surface area (Å²) in [6.07, 6.45) is 2.19. The Morgan fingerprint density at radius 1 is 1.32 bits per heavy atom. The van der Waals surface area contributed by atoms with Gasteiger partial charge in [-0.05, 0) is 43.9 Å². The number of amides is 2. The average Bonchev–Trinajstić information content (AvgIpc) is 2.91. The molecule has 0 bridgehead atoms. The van der Waals surface area contributed by atoms with Crippen molar-refractivity contribution < 1.29 is 9.59 Å². The summed E-state index contributed by atoms with van der Waals surface area (Å²) in [5, 5.41) is 0. The van der Waals surface area contributed by atoms with Gasteiger partial charge in [-0.15, -0.1) is 0 Å². The highest BCUT2D eigenvalue weighted by atomic mass is 16.2. The van der Waals surface area contributed by atoms with Crippen LogP contribution in [0.3, 0.4) is 0 Å². The van der Waals surface area contributed by atoms with Gasteiger partial charge in [0.2, 0.25) is 11.8 Å². The number of hydrogen-bond acceptors (Lipinski definition) is 3. The van der Waals surface area contributed by atoms with E-state index in [1.807, 2.05) is 29.2 Å². The highest BCUT2D eigenvalue weighted by Crippen LogP contribution is 2.28. The summed E-state index contributed by atoms with van der Waals surface area (Å²) >= 11 is 0. The molecule has 22 heavy (non-hydrogen) atoms. The van der Waals surface area contributed by atoms with Gasteiger partial charge >= 0.3 is 0 Å². The molecule has 2 atom stereocenters. The zero-order valence-electron chi connectivity index (χ0n) is 13.0. The number of anilines is 1. The van der Waals surface area contributed by atoms with Crippen LogP contribution in [-0.2, 0) is 16.0 Å². The van der Waals surface area contributed by atoms with E-state index in [4.69, 9.17) is 5.73 Å². The van der Waals surface area contributed by atoms with Gasteiger partial charge in [0.05, 0.1) is 0 Å². The van der Waals surface area contributed by atoms with E-state index in [9.17, 15) is 9.59 Å². The van der Waals surface area contributed by atoms with Gasteiger partial charge in [-0.2, -0.15) is 0 Å². The van der Waals surface area contributed by atoms with Crippen molar-refractivity contribution in [2.45, 2.75) is 32.2 Å². The van der Waals surface area contributed by atoms with Crippen LogP contribution in [0.4, 0.5) is 5.69 Å². The molecule has 0 radical (unpaired) electrons. The van der Waals surface area contributed by atoms with E-state index < -0.39 is 0 Å². The number of para-hydroxylation sites is 1. The van der Waals surface area contributed by atoms with Gasteiger partial charge in [0.25, 0.3) is 0 Å². The summed E-state index contributed by atoms with van der Waals surface area (Å²) in [6, 6.07) is 8.05. The molecule has 3 rings (SSSR count). The first-order chi connectivity index (χ1) is 10.6. The van der Waals surface area contributed by atoms with Gasteiger partial charge in [-0.1, -0.05) is 18.2 Å². The largest absolute Gasteiger partial charge is 0.338 e. The lowest BCUT2D eigenvalue weighted by molar-refractivity contribution is -0.132. The Labute approximate surface area is 131 Å². The van der Waals surface area contributed by atoms with Crippen LogP contribution >= 0.6 is 0 Å². The monoisotopic (exact) mass is 301 g/mol. The Hall–Kier alpha value is -1.88. The van der Waals surface area contributed by atoms with Gasteiger partial charge in [-0.25, -0.2) is 0 Å². The molecule has 118 valence electrons. The van der Waals surface area contributed by atoms with E-state index in [-0.39, 0.29) is 24.4 Å².